The lowest BCUT2D eigenvalue weighted by Crippen LogP contribution is -2.33. The number of benzene rings is 1. The van der Waals surface area contributed by atoms with Crippen LogP contribution in [0.3, 0.4) is 0 Å². The number of hydrogen-bond acceptors (Lipinski definition) is 3. The number of nitro groups is 1. The van der Waals surface area contributed by atoms with Crippen LogP contribution in [0.25, 0.3) is 0 Å². The Morgan fingerprint density at radius 2 is 2.00 bits per heavy atom. The average molecular weight is 220 g/mol. The Morgan fingerprint density at radius 1 is 1.38 bits per heavy atom. The third kappa shape index (κ3) is 2.15. The summed E-state index contributed by atoms with van der Waals surface area (Å²) in [5.74, 6) is 0.632. The average Bonchev–Trinajstić information content (AvgIpc) is 3.00. The van der Waals surface area contributed by atoms with Crippen LogP contribution in [0.4, 0.5) is 11.4 Å². The molecule has 0 bridgehead atoms. The van der Waals surface area contributed by atoms with Crippen molar-refractivity contribution < 1.29 is 4.92 Å². The molecule has 86 valence electrons. The molecule has 0 amide bonds. The van der Waals surface area contributed by atoms with Gasteiger partial charge in [0.2, 0.25) is 0 Å². The lowest BCUT2D eigenvalue weighted by Gasteiger charge is -2.27. The molecule has 1 fully saturated rings. The van der Waals surface area contributed by atoms with E-state index in [-0.39, 0.29) is 16.1 Å². The van der Waals surface area contributed by atoms with Crippen molar-refractivity contribution in [3.05, 3.63) is 34.4 Å². The van der Waals surface area contributed by atoms with Gasteiger partial charge in [0.05, 0.1) is 4.92 Å². The molecule has 0 unspecified atom stereocenters. The third-order valence-electron chi connectivity index (χ3n) is 3.16. The van der Waals surface area contributed by atoms with Gasteiger partial charge in [-0.1, -0.05) is 12.1 Å². The van der Waals surface area contributed by atoms with Gasteiger partial charge in [-0.2, -0.15) is 0 Å². The SMILES string of the molecule is CC(C)(Nc1ccccc1[N+](=O)[O-])C1CC1. The Bertz CT molecular complexity index is 411. The zero-order chi connectivity index (χ0) is 11.8. The maximum absolute atomic E-state index is 10.9. The molecule has 0 aliphatic heterocycles. The van der Waals surface area contributed by atoms with E-state index in [1.54, 1.807) is 12.1 Å². The highest BCUT2D eigenvalue weighted by atomic mass is 16.6. The first-order valence-electron chi connectivity index (χ1n) is 5.52. The lowest BCUT2D eigenvalue weighted by molar-refractivity contribution is -0.384. The first-order chi connectivity index (χ1) is 7.50. The second-order valence-electron chi connectivity index (χ2n) is 4.90. The van der Waals surface area contributed by atoms with Crippen LogP contribution in [-0.2, 0) is 0 Å². The Balaban J connectivity index is 2.23. The van der Waals surface area contributed by atoms with E-state index >= 15 is 0 Å². The minimum atomic E-state index is -0.342. The molecule has 0 saturated heterocycles. The number of hydrogen-bond donors (Lipinski definition) is 1. The van der Waals surface area contributed by atoms with Gasteiger partial charge in [0.25, 0.3) is 5.69 Å². The summed E-state index contributed by atoms with van der Waals surface area (Å²) < 4.78 is 0. The molecule has 1 aromatic carbocycles. The van der Waals surface area contributed by atoms with Crippen LogP contribution in [0.2, 0.25) is 0 Å². The van der Waals surface area contributed by atoms with E-state index in [1.165, 1.54) is 18.9 Å². The monoisotopic (exact) mass is 220 g/mol. The van der Waals surface area contributed by atoms with Crippen molar-refractivity contribution in [2.75, 3.05) is 5.32 Å². The van der Waals surface area contributed by atoms with E-state index in [4.69, 9.17) is 0 Å². The standard InChI is InChI=1S/C12H16N2O2/c1-12(2,9-7-8-9)13-10-5-3-4-6-11(10)14(15)16/h3-6,9,13H,7-8H2,1-2H3. The van der Waals surface area contributed by atoms with Gasteiger partial charge in [-0.05, 0) is 38.7 Å². The molecule has 0 spiro atoms. The van der Waals surface area contributed by atoms with Crippen LogP contribution in [0.1, 0.15) is 26.7 Å². The zero-order valence-corrected chi connectivity index (χ0v) is 9.56. The molecule has 1 aliphatic rings. The van der Waals surface area contributed by atoms with Gasteiger partial charge in [0.15, 0.2) is 0 Å². The summed E-state index contributed by atoms with van der Waals surface area (Å²) in [4.78, 5) is 10.5. The second kappa shape index (κ2) is 3.77. The van der Waals surface area contributed by atoms with Crippen molar-refractivity contribution in [1.29, 1.82) is 0 Å². The van der Waals surface area contributed by atoms with E-state index < -0.39 is 0 Å². The van der Waals surface area contributed by atoms with Crippen LogP contribution in [-0.4, -0.2) is 10.5 Å². The quantitative estimate of drug-likeness (QED) is 0.626. The molecule has 1 aliphatic carbocycles. The van der Waals surface area contributed by atoms with Crippen LogP contribution in [0, 0.1) is 16.0 Å². The zero-order valence-electron chi connectivity index (χ0n) is 9.56. The largest absolute Gasteiger partial charge is 0.374 e. The molecule has 0 radical (unpaired) electrons. The van der Waals surface area contributed by atoms with Crippen LogP contribution >= 0.6 is 0 Å². The Kier molecular flexibility index (Phi) is 2.58. The van der Waals surface area contributed by atoms with Crippen molar-refractivity contribution in [1.82, 2.24) is 0 Å². The fourth-order valence-corrected chi connectivity index (χ4v) is 1.99. The van der Waals surface area contributed by atoms with Gasteiger partial charge in [0.1, 0.15) is 5.69 Å². The third-order valence-corrected chi connectivity index (χ3v) is 3.16. The predicted molar refractivity (Wildman–Crippen MR) is 63.5 cm³/mol. The summed E-state index contributed by atoms with van der Waals surface area (Å²) in [6, 6.07) is 6.80. The first-order valence-corrected chi connectivity index (χ1v) is 5.52. The highest BCUT2D eigenvalue weighted by Gasteiger charge is 2.38. The molecule has 4 nitrogen and oxygen atoms in total. The summed E-state index contributed by atoms with van der Waals surface area (Å²) in [5, 5.41) is 14.1. The molecule has 1 saturated carbocycles. The predicted octanol–water partition coefficient (Wildman–Crippen LogP) is 3.20. The van der Waals surface area contributed by atoms with Gasteiger partial charge >= 0.3 is 0 Å². The molecule has 0 atom stereocenters. The minimum Gasteiger partial charge on any atom is -0.374 e. The molecule has 0 aromatic heterocycles. The van der Waals surface area contributed by atoms with Gasteiger partial charge in [0, 0.05) is 11.6 Å². The number of nitrogens with zero attached hydrogens (tertiary/aromatic N) is 1. The van der Waals surface area contributed by atoms with Crippen LogP contribution < -0.4 is 5.32 Å². The van der Waals surface area contributed by atoms with Gasteiger partial charge in [-0.25, -0.2) is 0 Å². The van der Waals surface area contributed by atoms with E-state index in [9.17, 15) is 10.1 Å². The van der Waals surface area contributed by atoms with Crippen molar-refractivity contribution in [2.45, 2.75) is 32.2 Å². The number of nitrogens with one attached hydrogen (secondary N) is 1. The Morgan fingerprint density at radius 3 is 2.56 bits per heavy atom. The highest BCUT2D eigenvalue weighted by Crippen LogP contribution is 2.42. The summed E-state index contributed by atoms with van der Waals surface area (Å²) in [6.45, 7) is 4.20. The molecule has 0 heterocycles. The minimum absolute atomic E-state index is 0.0634. The summed E-state index contributed by atoms with van der Waals surface area (Å²) in [5.41, 5.74) is 0.701. The Labute approximate surface area is 94.8 Å². The fraction of sp³-hybridized carbons (Fsp3) is 0.500. The maximum Gasteiger partial charge on any atom is 0.292 e. The number of rotatable bonds is 4. The van der Waals surface area contributed by atoms with Gasteiger partial charge < -0.3 is 5.32 Å². The van der Waals surface area contributed by atoms with Gasteiger partial charge in [-0.3, -0.25) is 10.1 Å². The van der Waals surface area contributed by atoms with Crippen molar-refractivity contribution in [2.24, 2.45) is 5.92 Å². The highest BCUT2D eigenvalue weighted by molar-refractivity contribution is 5.62. The summed E-state index contributed by atoms with van der Waals surface area (Å²) in [6.07, 6.45) is 2.42. The summed E-state index contributed by atoms with van der Waals surface area (Å²) >= 11 is 0. The van der Waals surface area contributed by atoms with E-state index in [0.717, 1.165) is 0 Å². The molecule has 4 heteroatoms. The first kappa shape index (κ1) is 10.9. The lowest BCUT2D eigenvalue weighted by atomic mass is 9.98. The van der Waals surface area contributed by atoms with Crippen molar-refractivity contribution in [3.63, 3.8) is 0 Å². The number of nitro benzene ring substituents is 1. The smallest absolute Gasteiger partial charge is 0.292 e. The van der Waals surface area contributed by atoms with E-state index in [2.05, 4.69) is 19.2 Å². The number of anilines is 1. The van der Waals surface area contributed by atoms with Crippen molar-refractivity contribution >= 4 is 11.4 Å². The number of para-hydroxylation sites is 2. The summed E-state index contributed by atoms with van der Waals surface area (Å²) in [7, 11) is 0. The molecular formula is C12H16N2O2. The van der Waals surface area contributed by atoms with E-state index in [0.29, 0.717) is 11.6 Å². The Hall–Kier alpha value is -1.58. The van der Waals surface area contributed by atoms with E-state index in [1.807, 2.05) is 6.07 Å². The molecule has 2 rings (SSSR count). The fourth-order valence-electron chi connectivity index (χ4n) is 1.99. The normalized spacial score (nSPS) is 15.9. The molecule has 1 aromatic rings. The van der Waals surface area contributed by atoms with Crippen LogP contribution in [0.15, 0.2) is 24.3 Å². The second-order valence-corrected chi connectivity index (χ2v) is 4.90. The molecule has 1 N–H and O–H groups in total. The topological polar surface area (TPSA) is 55.2 Å². The van der Waals surface area contributed by atoms with Gasteiger partial charge in [-0.15, -0.1) is 0 Å². The van der Waals surface area contributed by atoms with Crippen molar-refractivity contribution in [3.8, 4) is 0 Å². The molecule has 16 heavy (non-hydrogen) atoms. The maximum atomic E-state index is 10.9. The molecular weight excluding hydrogens is 204 g/mol. The van der Waals surface area contributed by atoms with Crippen LogP contribution in [0.5, 0.6) is 0 Å².